The Hall–Kier alpha value is -0.930. The van der Waals surface area contributed by atoms with Gasteiger partial charge in [0, 0.05) is 25.6 Å². The van der Waals surface area contributed by atoms with Crippen LogP contribution in [0.1, 0.15) is 30.7 Å². The second kappa shape index (κ2) is 5.83. The Balaban J connectivity index is 2.62. The number of nitrogens with zero attached hydrogens (tertiary/aromatic N) is 1. The minimum Gasteiger partial charge on any atom is -0.388 e. The predicted octanol–water partition coefficient (Wildman–Crippen LogP) is 2.10. The number of ether oxygens (including phenoxy) is 1. The van der Waals surface area contributed by atoms with E-state index in [1.54, 1.807) is 13.3 Å². The van der Waals surface area contributed by atoms with E-state index in [0.717, 1.165) is 17.7 Å². The van der Waals surface area contributed by atoms with Crippen molar-refractivity contribution in [1.29, 1.82) is 0 Å². The standard InChI is InChI=1S/C12H19NO2/c1-9(5-7-15-3)12(14)11-4-6-13-10(2)8-11/h4,6,8-9,12,14H,5,7H2,1-3H3. The Labute approximate surface area is 91.1 Å². The fourth-order valence-corrected chi connectivity index (χ4v) is 1.54. The molecule has 0 aliphatic rings. The van der Waals surface area contributed by atoms with Crippen LogP contribution in [-0.4, -0.2) is 23.8 Å². The number of hydrogen-bond donors (Lipinski definition) is 1. The summed E-state index contributed by atoms with van der Waals surface area (Å²) in [6.45, 7) is 4.64. The van der Waals surface area contributed by atoms with Crippen LogP contribution in [0.15, 0.2) is 18.3 Å². The highest BCUT2D eigenvalue weighted by Gasteiger charge is 2.16. The van der Waals surface area contributed by atoms with Gasteiger partial charge in [-0.15, -0.1) is 0 Å². The molecular formula is C12H19NO2. The SMILES string of the molecule is COCCC(C)C(O)c1ccnc(C)c1. The van der Waals surface area contributed by atoms with Crippen LogP contribution < -0.4 is 0 Å². The molecule has 0 aromatic carbocycles. The number of pyridine rings is 1. The number of aliphatic hydroxyl groups is 1. The summed E-state index contributed by atoms with van der Waals surface area (Å²) >= 11 is 0. The summed E-state index contributed by atoms with van der Waals surface area (Å²) in [7, 11) is 1.68. The lowest BCUT2D eigenvalue weighted by molar-refractivity contribution is 0.0885. The molecule has 0 aliphatic carbocycles. The van der Waals surface area contributed by atoms with Crippen molar-refractivity contribution in [3.63, 3.8) is 0 Å². The molecule has 0 saturated heterocycles. The maximum Gasteiger partial charge on any atom is 0.0817 e. The molecule has 1 rings (SSSR count). The van der Waals surface area contributed by atoms with Gasteiger partial charge in [0.25, 0.3) is 0 Å². The number of aliphatic hydroxyl groups excluding tert-OH is 1. The summed E-state index contributed by atoms with van der Waals surface area (Å²) in [4.78, 5) is 4.11. The Kier molecular flexibility index (Phi) is 4.72. The molecule has 0 aliphatic heterocycles. The zero-order valence-corrected chi connectivity index (χ0v) is 9.60. The van der Waals surface area contributed by atoms with Crippen molar-refractivity contribution in [2.45, 2.75) is 26.4 Å². The molecule has 3 nitrogen and oxygen atoms in total. The second-order valence-electron chi connectivity index (χ2n) is 3.93. The monoisotopic (exact) mass is 209 g/mol. The number of hydrogen-bond acceptors (Lipinski definition) is 3. The Bertz CT molecular complexity index is 301. The smallest absolute Gasteiger partial charge is 0.0817 e. The predicted molar refractivity (Wildman–Crippen MR) is 59.6 cm³/mol. The van der Waals surface area contributed by atoms with Gasteiger partial charge in [-0.3, -0.25) is 4.98 Å². The lowest BCUT2D eigenvalue weighted by Gasteiger charge is -2.18. The van der Waals surface area contributed by atoms with Gasteiger partial charge in [-0.25, -0.2) is 0 Å². The van der Waals surface area contributed by atoms with Crippen LogP contribution in [0.4, 0.5) is 0 Å². The van der Waals surface area contributed by atoms with E-state index in [2.05, 4.69) is 4.98 Å². The minimum absolute atomic E-state index is 0.201. The minimum atomic E-state index is -0.429. The van der Waals surface area contributed by atoms with Crippen molar-refractivity contribution >= 4 is 0 Å². The molecule has 84 valence electrons. The van der Waals surface area contributed by atoms with E-state index >= 15 is 0 Å². The topological polar surface area (TPSA) is 42.4 Å². The molecule has 2 atom stereocenters. The third kappa shape index (κ3) is 3.61. The average molecular weight is 209 g/mol. The van der Waals surface area contributed by atoms with Gasteiger partial charge in [-0.2, -0.15) is 0 Å². The molecule has 1 heterocycles. The van der Waals surface area contributed by atoms with Crippen molar-refractivity contribution in [2.24, 2.45) is 5.92 Å². The zero-order valence-electron chi connectivity index (χ0n) is 9.60. The Morgan fingerprint density at radius 2 is 2.27 bits per heavy atom. The number of methoxy groups -OCH3 is 1. The molecule has 1 aromatic rings. The highest BCUT2D eigenvalue weighted by atomic mass is 16.5. The molecule has 0 fully saturated rings. The Morgan fingerprint density at radius 1 is 1.53 bits per heavy atom. The summed E-state index contributed by atoms with van der Waals surface area (Å²) in [6.07, 6.45) is 2.16. The Morgan fingerprint density at radius 3 is 2.87 bits per heavy atom. The molecule has 15 heavy (non-hydrogen) atoms. The van der Waals surface area contributed by atoms with Gasteiger partial charge >= 0.3 is 0 Å². The van der Waals surface area contributed by atoms with Crippen molar-refractivity contribution in [1.82, 2.24) is 4.98 Å². The molecule has 0 spiro atoms. The van der Waals surface area contributed by atoms with Gasteiger partial charge in [-0.1, -0.05) is 6.92 Å². The normalized spacial score (nSPS) is 14.9. The molecule has 0 bridgehead atoms. The largest absolute Gasteiger partial charge is 0.388 e. The van der Waals surface area contributed by atoms with E-state index in [1.807, 2.05) is 26.0 Å². The lowest BCUT2D eigenvalue weighted by Crippen LogP contribution is -2.11. The molecule has 0 amide bonds. The summed E-state index contributed by atoms with van der Waals surface area (Å²) < 4.78 is 5.00. The highest BCUT2D eigenvalue weighted by Crippen LogP contribution is 2.24. The molecule has 0 radical (unpaired) electrons. The van der Waals surface area contributed by atoms with Crippen LogP contribution in [0.3, 0.4) is 0 Å². The fourth-order valence-electron chi connectivity index (χ4n) is 1.54. The number of aromatic nitrogens is 1. The number of aryl methyl sites for hydroxylation is 1. The van der Waals surface area contributed by atoms with Crippen LogP contribution in [0.25, 0.3) is 0 Å². The fraction of sp³-hybridized carbons (Fsp3) is 0.583. The van der Waals surface area contributed by atoms with Crippen LogP contribution in [0, 0.1) is 12.8 Å². The molecule has 2 unspecified atom stereocenters. The van der Waals surface area contributed by atoms with Gasteiger partial charge in [0.1, 0.15) is 0 Å². The first-order chi connectivity index (χ1) is 7.15. The van der Waals surface area contributed by atoms with E-state index in [4.69, 9.17) is 4.74 Å². The van der Waals surface area contributed by atoms with Gasteiger partial charge in [0.05, 0.1) is 6.10 Å². The maximum atomic E-state index is 10.1. The van der Waals surface area contributed by atoms with Crippen molar-refractivity contribution in [2.75, 3.05) is 13.7 Å². The lowest BCUT2D eigenvalue weighted by atomic mass is 9.95. The first kappa shape index (κ1) is 12.1. The zero-order chi connectivity index (χ0) is 11.3. The maximum absolute atomic E-state index is 10.1. The van der Waals surface area contributed by atoms with Gasteiger partial charge in [0.15, 0.2) is 0 Å². The first-order valence-corrected chi connectivity index (χ1v) is 5.24. The van der Waals surface area contributed by atoms with E-state index in [-0.39, 0.29) is 5.92 Å². The van der Waals surface area contributed by atoms with Gasteiger partial charge in [-0.05, 0) is 37.0 Å². The quantitative estimate of drug-likeness (QED) is 0.807. The van der Waals surface area contributed by atoms with E-state index in [1.165, 1.54) is 0 Å². The summed E-state index contributed by atoms with van der Waals surface area (Å²) in [5.74, 6) is 0.201. The third-order valence-electron chi connectivity index (χ3n) is 2.58. The highest BCUT2D eigenvalue weighted by molar-refractivity contribution is 5.18. The molecule has 3 heteroatoms. The van der Waals surface area contributed by atoms with Crippen LogP contribution in [0.2, 0.25) is 0 Å². The van der Waals surface area contributed by atoms with Crippen LogP contribution >= 0.6 is 0 Å². The summed E-state index contributed by atoms with van der Waals surface area (Å²) in [5, 5.41) is 10.1. The van der Waals surface area contributed by atoms with Gasteiger partial charge in [0.2, 0.25) is 0 Å². The molecule has 1 aromatic heterocycles. The molecule has 1 N–H and O–H groups in total. The van der Waals surface area contributed by atoms with Crippen LogP contribution in [-0.2, 0) is 4.74 Å². The molecular weight excluding hydrogens is 190 g/mol. The first-order valence-electron chi connectivity index (χ1n) is 5.24. The summed E-state index contributed by atoms with van der Waals surface area (Å²) in [5.41, 5.74) is 1.87. The summed E-state index contributed by atoms with van der Waals surface area (Å²) in [6, 6.07) is 3.79. The van der Waals surface area contributed by atoms with Crippen molar-refractivity contribution in [3.8, 4) is 0 Å². The van der Waals surface area contributed by atoms with E-state index < -0.39 is 6.10 Å². The number of rotatable bonds is 5. The average Bonchev–Trinajstić information content (AvgIpc) is 2.24. The van der Waals surface area contributed by atoms with Crippen molar-refractivity contribution in [3.05, 3.63) is 29.6 Å². The second-order valence-corrected chi connectivity index (χ2v) is 3.93. The van der Waals surface area contributed by atoms with Crippen LogP contribution in [0.5, 0.6) is 0 Å². The van der Waals surface area contributed by atoms with E-state index in [9.17, 15) is 5.11 Å². The van der Waals surface area contributed by atoms with Crippen molar-refractivity contribution < 1.29 is 9.84 Å². The third-order valence-corrected chi connectivity index (χ3v) is 2.58. The molecule has 0 saturated carbocycles. The van der Waals surface area contributed by atoms with Gasteiger partial charge < -0.3 is 9.84 Å². The van der Waals surface area contributed by atoms with E-state index in [0.29, 0.717) is 6.61 Å².